The van der Waals surface area contributed by atoms with Gasteiger partial charge in [-0.15, -0.1) is 0 Å². The molecule has 0 fully saturated rings. The second-order valence-corrected chi connectivity index (χ2v) is 7.61. The van der Waals surface area contributed by atoms with Gasteiger partial charge in [0, 0.05) is 5.56 Å². The Hall–Kier alpha value is -3.20. The first kappa shape index (κ1) is 16.3. The maximum atomic E-state index is 12.5. The molecule has 2 aliphatic heterocycles. The lowest BCUT2D eigenvalue weighted by Gasteiger charge is -2.19. The molecule has 0 aromatic heterocycles. The van der Waals surface area contributed by atoms with E-state index in [-0.39, 0.29) is 28.5 Å². The molecule has 0 bridgehead atoms. The minimum Gasteiger partial charge on any atom is -0.482 e. The van der Waals surface area contributed by atoms with Crippen LogP contribution < -0.4 is 10.1 Å². The molecule has 26 heavy (non-hydrogen) atoms. The van der Waals surface area contributed by atoms with Crippen molar-refractivity contribution in [2.45, 2.75) is 4.90 Å². The largest absolute Gasteiger partial charge is 0.482 e. The number of benzene rings is 2. The first-order chi connectivity index (χ1) is 12.4. The van der Waals surface area contributed by atoms with Crippen LogP contribution in [0.3, 0.4) is 0 Å². The summed E-state index contributed by atoms with van der Waals surface area (Å²) in [5, 5.41) is 2.57. The summed E-state index contributed by atoms with van der Waals surface area (Å²) in [6.45, 7) is -0.734. The van der Waals surface area contributed by atoms with Gasteiger partial charge in [-0.3, -0.25) is 14.4 Å². The topological polar surface area (TPSA) is 110 Å². The van der Waals surface area contributed by atoms with E-state index >= 15 is 0 Å². The minimum atomic E-state index is -4.06. The summed E-state index contributed by atoms with van der Waals surface area (Å²) < 4.78 is 30.8. The summed E-state index contributed by atoms with van der Waals surface area (Å²) in [5.41, 5.74) is 0.533. The van der Waals surface area contributed by atoms with Crippen LogP contribution in [0.15, 0.2) is 47.4 Å². The van der Waals surface area contributed by atoms with E-state index < -0.39 is 28.3 Å². The number of carbonyl (C=O) groups is 3. The third-order valence-electron chi connectivity index (χ3n) is 4.13. The summed E-state index contributed by atoms with van der Waals surface area (Å²) in [6, 6.07) is 10.2. The molecular formula is C17H12N2O6S. The number of fused-ring (bicyclic) bond motifs is 2. The molecule has 1 N–H and O–H groups in total. The van der Waals surface area contributed by atoms with Gasteiger partial charge in [-0.1, -0.05) is 12.1 Å². The smallest absolute Gasteiger partial charge is 0.269 e. The predicted molar refractivity (Wildman–Crippen MR) is 89.6 cm³/mol. The molecular weight excluding hydrogens is 360 g/mol. The third kappa shape index (κ3) is 2.44. The van der Waals surface area contributed by atoms with E-state index in [9.17, 15) is 22.8 Å². The molecule has 0 atom stereocenters. The van der Waals surface area contributed by atoms with Crippen LogP contribution >= 0.6 is 0 Å². The fourth-order valence-corrected chi connectivity index (χ4v) is 4.39. The van der Waals surface area contributed by atoms with Gasteiger partial charge in [-0.2, -0.15) is 0 Å². The second kappa shape index (κ2) is 5.67. The molecule has 2 aromatic rings. The number of ketones is 1. The number of nitrogens with one attached hydrogen (secondary N) is 1. The summed E-state index contributed by atoms with van der Waals surface area (Å²) in [4.78, 5) is 36.2. The van der Waals surface area contributed by atoms with Crippen LogP contribution in [0, 0.1) is 0 Å². The zero-order chi connectivity index (χ0) is 18.5. The van der Waals surface area contributed by atoms with Crippen molar-refractivity contribution >= 4 is 33.3 Å². The van der Waals surface area contributed by atoms with E-state index in [4.69, 9.17) is 4.74 Å². The van der Waals surface area contributed by atoms with Crippen molar-refractivity contribution in [3.8, 4) is 5.75 Å². The van der Waals surface area contributed by atoms with Gasteiger partial charge >= 0.3 is 0 Å². The Labute approximate surface area is 148 Å². The van der Waals surface area contributed by atoms with E-state index in [1.54, 1.807) is 6.07 Å². The van der Waals surface area contributed by atoms with E-state index in [0.29, 0.717) is 15.7 Å². The van der Waals surface area contributed by atoms with Crippen molar-refractivity contribution in [3.63, 3.8) is 0 Å². The number of anilines is 1. The maximum Gasteiger partial charge on any atom is 0.269 e. The maximum absolute atomic E-state index is 12.5. The molecule has 8 nitrogen and oxygen atoms in total. The summed E-state index contributed by atoms with van der Waals surface area (Å²) in [6.07, 6.45) is 0. The average Bonchev–Trinajstić information content (AvgIpc) is 2.82. The van der Waals surface area contributed by atoms with E-state index in [1.807, 2.05) is 0 Å². The quantitative estimate of drug-likeness (QED) is 0.807. The van der Waals surface area contributed by atoms with Crippen LogP contribution in [0.2, 0.25) is 0 Å². The molecule has 2 amide bonds. The Balaban J connectivity index is 1.63. The Kier molecular flexibility index (Phi) is 3.55. The van der Waals surface area contributed by atoms with Crippen molar-refractivity contribution in [1.82, 2.24) is 4.31 Å². The lowest BCUT2D eigenvalue weighted by Crippen LogP contribution is -2.35. The van der Waals surface area contributed by atoms with E-state index in [2.05, 4.69) is 5.32 Å². The first-order valence-electron chi connectivity index (χ1n) is 7.64. The highest BCUT2D eigenvalue weighted by Crippen LogP contribution is 2.31. The molecule has 132 valence electrons. The Morgan fingerprint density at radius 2 is 1.92 bits per heavy atom. The van der Waals surface area contributed by atoms with Crippen molar-refractivity contribution in [1.29, 1.82) is 0 Å². The Bertz CT molecular complexity index is 1080. The van der Waals surface area contributed by atoms with Gasteiger partial charge in [0.2, 0.25) is 0 Å². The molecule has 2 aromatic carbocycles. The summed E-state index contributed by atoms with van der Waals surface area (Å²) >= 11 is 0. The number of hydrogen-bond donors (Lipinski definition) is 1. The van der Waals surface area contributed by atoms with Gasteiger partial charge in [0.25, 0.3) is 21.8 Å². The normalized spacial score (nSPS) is 17.2. The van der Waals surface area contributed by atoms with E-state index in [0.717, 1.165) is 0 Å². The number of nitrogens with zero attached hydrogens (tertiary/aromatic N) is 1. The molecule has 0 radical (unpaired) electrons. The van der Waals surface area contributed by atoms with Crippen molar-refractivity contribution < 1.29 is 27.5 Å². The number of Topliss-reactive ketones (excluding diaryl/α,β-unsaturated/α-hetero) is 1. The zero-order valence-electron chi connectivity index (χ0n) is 13.3. The molecule has 4 rings (SSSR count). The molecule has 2 heterocycles. The van der Waals surface area contributed by atoms with Crippen molar-refractivity contribution in [3.05, 3.63) is 53.6 Å². The number of rotatable bonds is 3. The van der Waals surface area contributed by atoms with Crippen molar-refractivity contribution in [2.75, 3.05) is 18.5 Å². The number of ether oxygens (including phenoxy) is 1. The van der Waals surface area contributed by atoms with Crippen LogP contribution in [-0.4, -0.2) is 43.5 Å². The van der Waals surface area contributed by atoms with Gasteiger partial charge < -0.3 is 10.1 Å². The number of carbonyl (C=O) groups excluding carboxylic acids is 3. The monoisotopic (exact) mass is 372 g/mol. The SMILES string of the molecule is O=C1COc2ccc(C(=O)CN3C(=O)c4ccccc4S3(=O)=O)cc2N1. The molecule has 2 aliphatic rings. The minimum absolute atomic E-state index is 0.0476. The highest BCUT2D eigenvalue weighted by molar-refractivity contribution is 7.90. The van der Waals surface area contributed by atoms with Crippen LogP contribution in [0.4, 0.5) is 5.69 Å². The lowest BCUT2D eigenvalue weighted by atomic mass is 10.1. The van der Waals surface area contributed by atoms with Crippen LogP contribution in [0.25, 0.3) is 0 Å². The zero-order valence-corrected chi connectivity index (χ0v) is 14.1. The molecule has 0 aliphatic carbocycles. The molecule has 0 unspecified atom stereocenters. The fraction of sp³-hybridized carbons (Fsp3) is 0.118. The highest BCUT2D eigenvalue weighted by Gasteiger charge is 2.41. The van der Waals surface area contributed by atoms with Gasteiger partial charge in [-0.05, 0) is 30.3 Å². The summed E-state index contributed by atoms with van der Waals surface area (Å²) in [5.74, 6) is -1.24. The molecule has 9 heteroatoms. The van der Waals surface area contributed by atoms with Crippen LogP contribution in [0.5, 0.6) is 5.75 Å². The van der Waals surface area contributed by atoms with Crippen LogP contribution in [0.1, 0.15) is 20.7 Å². The van der Waals surface area contributed by atoms with Gasteiger partial charge in [-0.25, -0.2) is 12.7 Å². The lowest BCUT2D eigenvalue weighted by molar-refractivity contribution is -0.118. The molecule has 0 saturated carbocycles. The summed E-state index contributed by atoms with van der Waals surface area (Å²) in [7, 11) is -4.06. The van der Waals surface area contributed by atoms with Gasteiger partial charge in [0.15, 0.2) is 12.4 Å². The van der Waals surface area contributed by atoms with Crippen molar-refractivity contribution in [2.24, 2.45) is 0 Å². The van der Waals surface area contributed by atoms with Crippen LogP contribution in [-0.2, 0) is 14.8 Å². The van der Waals surface area contributed by atoms with Gasteiger partial charge in [0.05, 0.1) is 11.3 Å². The van der Waals surface area contributed by atoms with E-state index in [1.165, 1.54) is 36.4 Å². The third-order valence-corrected chi connectivity index (χ3v) is 5.92. The second-order valence-electron chi connectivity index (χ2n) is 5.78. The fourth-order valence-electron chi connectivity index (χ4n) is 2.87. The number of hydrogen-bond acceptors (Lipinski definition) is 6. The number of amides is 2. The molecule has 0 spiro atoms. The molecule has 0 saturated heterocycles. The Morgan fingerprint density at radius 1 is 1.15 bits per heavy atom. The first-order valence-corrected chi connectivity index (χ1v) is 9.08. The standard InChI is InChI=1S/C17H12N2O6S/c20-13(10-5-6-14-12(7-10)18-16(21)9-25-14)8-19-17(22)11-3-1-2-4-15(11)26(19,23)24/h1-7H,8-9H2,(H,18,21). The predicted octanol–water partition coefficient (Wildman–Crippen LogP) is 1.04. The van der Waals surface area contributed by atoms with Gasteiger partial charge in [0.1, 0.15) is 17.2 Å². The highest BCUT2D eigenvalue weighted by atomic mass is 32.2. The number of sulfonamides is 1. The Morgan fingerprint density at radius 3 is 2.69 bits per heavy atom. The average molecular weight is 372 g/mol.